The van der Waals surface area contributed by atoms with Gasteiger partial charge in [0.2, 0.25) is 5.88 Å². The maximum Gasteiger partial charge on any atom is 0.213 e. The molecule has 2 heterocycles. The van der Waals surface area contributed by atoms with Gasteiger partial charge in [0.25, 0.3) is 0 Å². The van der Waals surface area contributed by atoms with E-state index >= 15 is 0 Å². The summed E-state index contributed by atoms with van der Waals surface area (Å²) in [4.78, 5) is 8.23. The van der Waals surface area contributed by atoms with E-state index in [1.807, 2.05) is 31.3 Å². The van der Waals surface area contributed by atoms with Crippen molar-refractivity contribution in [2.24, 2.45) is 0 Å². The lowest BCUT2D eigenvalue weighted by Gasteiger charge is -2.08. The standard InChI is InChI=1S/C14H18N4O/c1-11-7-12(3-5-15-11)9-17-18-10-13-4-6-16-14(8-13)19-2/h3-8,17-18H,9-10H2,1-2H3. The van der Waals surface area contributed by atoms with E-state index < -0.39 is 0 Å². The van der Waals surface area contributed by atoms with Crippen molar-refractivity contribution in [2.45, 2.75) is 20.0 Å². The summed E-state index contributed by atoms with van der Waals surface area (Å²) in [6.07, 6.45) is 3.56. The molecule has 2 N–H and O–H groups in total. The van der Waals surface area contributed by atoms with Crippen molar-refractivity contribution in [3.05, 3.63) is 53.5 Å². The van der Waals surface area contributed by atoms with Gasteiger partial charge in [0.15, 0.2) is 0 Å². The molecule has 0 spiro atoms. The van der Waals surface area contributed by atoms with Gasteiger partial charge in [-0.2, -0.15) is 0 Å². The Kier molecular flexibility index (Phi) is 4.83. The van der Waals surface area contributed by atoms with E-state index in [-0.39, 0.29) is 0 Å². The number of hydrazine groups is 1. The van der Waals surface area contributed by atoms with Crippen molar-refractivity contribution < 1.29 is 4.74 Å². The Morgan fingerprint density at radius 3 is 2.26 bits per heavy atom. The van der Waals surface area contributed by atoms with Crippen LogP contribution in [-0.2, 0) is 13.1 Å². The zero-order chi connectivity index (χ0) is 13.5. The molecule has 0 unspecified atom stereocenters. The summed E-state index contributed by atoms with van der Waals surface area (Å²) in [5.74, 6) is 0.629. The van der Waals surface area contributed by atoms with E-state index in [1.54, 1.807) is 13.3 Å². The van der Waals surface area contributed by atoms with Crippen molar-refractivity contribution >= 4 is 0 Å². The van der Waals surface area contributed by atoms with Gasteiger partial charge in [-0.3, -0.25) is 15.8 Å². The van der Waals surface area contributed by atoms with Crippen molar-refractivity contribution in [1.82, 2.24) is 20.8 Å². The summed E-state index contributed by atoms with van der Waals surface area (Å²) in [6, 6.07) is 7.92. The Labute approximate surface area is 113 Å². The van der Waals surface area contributed by atoms with Crippen LogP contribution in [0.4, 0.5) is 0 Å². The minimum absolute atomic E-state index is 0.629. The number of pyridine rings is 2. The van der Waals surface area contributed by atoms with Crippen LogP contribution in [0.1, 0.15) is 16.8 Å². The SMILES string of the molecule is COc1cc(CNNCc2ccnc(C)c2)ccn1. The first-order valence-corrected chi connectivity index (χ1v) is 6.14. The van der Waals surface area contributed by atoms with Gasteiger partial charge in [0, 0.05) is 37.2 Å². The second-order valence-electron chi connectivity index (χ2n) is 4.22. The summed E-state index contributed by atoms with van der Waals surface area (Å²) in [5.41, 5.74) is 9.69. The zero-order valence-corrected chi connectivity index (χ0v) is 11.2. The van der Waals surface area contributed by atoms with E-state index in [0.717, 1.165) is 17.8 Å². The predicted molar refractivity (Wildman–Crippen MR) is 73.4 cm³/mol. The number of nitrogens with zero attached hydrogens (tertiary/aromatic N) is 2. The van der Waals surface area contributed by atoms with Gasteiger partial charge in [-0.25, -0.2) is 4.98 Å². The molecule has 0 saturated carbocycles. The predicted octanol–water partition coefficient (Wildman–Crippen LogP) is 1.59. The maximum absolute atomic E-state index is 5.08. The number of hydrogen-bond donors (Lipinski definition) is 2. The highest BCUT2D eigenvalue weighted by atomic mass is 16.5. The number of nitrogens with one attached hydrogen (secondary N) is 2. The molecule has 0 aliphatic carbocycles. The van der Waals surface area contributed by atoms with Gasteiger partial charge in [-0.15, -0.1) is 0 Å². The number of hydrogen-bond acceptors (Lipinski definition) is 5. The molecule has 100 valence electrons. The average molecular weight is 258 g/mol. The van der Waals surface area contributed by atoms with Crippen LogP contribution in [0.25, 0.3) is 0 Å². The lowest BCUT2D eigenvalue weighted by atomic mass is 10.2. The minimum atomic E-state index is 0.629. The number of ether oxygens (including phenoxy) is 1. The molecule has 0 saturated heterocycles. The van der Waals surface area contributed by atoms with Crippen LogP contribution in [0.2, 0.25) is 0 Å². The van der Waals surface area contributed by atoms with Crippen LogP contribution >= 0.6 is 0 Å². The van der Waals surface area contributed by atoms with Gasteiger partial charge in [-0.05, 0) is 36.2 Å². The van der Waals surface area contributed by atoms with Crippen LogP contribution < -0.4 is 15.6 Å². The monoisotopic (exact) mass is 258 g/mol. The van der Waals surface area contributed by atoms with Crippen LogP contribution in [0.15, 0.2) is 36.7 Å². The maximum atomic E-state index is 5.08. The van der Waals surface area contributed by atoms with Gasteiger partial charge in [0.05, 0.1) is 7.11 Å². The van der Waals surface area contributed by atoms with Gasteiger partial charge in [0.1, 0.15) is 0 Å². The lowest BCUT2D eigenvalue weighted by Crippen LogP contribution is -2.30. The van der Waals surface area contributed by atoms with E-state index in [0.29, 0.717) is 12.4 Å². The number of methoxy groups -OCH3 is 1. The van der Waals surface area contributed by atoms with Crippen molar-refractivity contribution in [2.75, 3.05) is 7.11 Å². The third-order valence-corrected chi connectivity index (χ3v) is 2.68. The zero-order valence-electron chi connectivity index (χ0n) is 11.2. The molecule has 19 heavy (non-hydrogen) atoms. The largest absolute Gasteiger partial charge is 0.481 e. The molecule has 0 aromatic carbocycles. The molecule has 2 aromatic rings. The quantitative estimate of drug-likeness (QED) is 0.608. The molecular formula is C14H18N4O. The highest BCUT2D eigenvalue weighted by Crippen LogP contribution is 2.07. The van der Waals surface area contributed by atoms with Crippen LogP contribution in [0.3, 0.4) is 0 Å². The Morgan fingerprint density at radius 2 is 1.63 bits per heavy atom. The Hall–Kier alpha value is -1.98. The van der Waals surface area contributed by atoms with E-state index in [1.165, 1.54) is 5.56 Å². The molecule has 0 radical (unpaired) electrons. The van der Waals surface area contributed by atoms with Gasteiger partial charge >= 0.3 is 0 Å². The molecule has 0 aliphatic rings. The Morgan fingerprint density at radius 1 is 1.00 bits per heavy atom. The fraction of sp³-hybridized carbons (Fsp3) is 0.286. The third-order valence-electron chi connectivity index (χ3n) is 2.68. The fourth-order valence-electron chi connectivity index (χ4n) is 1.72. The van der Waals surface area contributed by atoms with Crippen LogP contribution in [0, 0.1) is 6.92 Å². The Balaban J connectivity index is 1.77. The van der Waals surface area contributed by atoms with Crippen molar-refractivity contribution in [1.29, 1.82) is 0 Å². The second-order valence-corrected chi connectivity index (χ2v) is 4.22. The fourth-order valence-corrected chi connectivity index (χ4v) is 1.72. The van der Waals surface area contributed by atoms with E-state index in [9.17, 15) is 0 Å². The normalized spacial score (nSPS) is 10.4. The topological polar surface area (TPSA) is 59.1 Å². The first-order chi connectivity index (χ1) is 9.28. The summed E-state index contributed by atoms with van der Waals surface area (Å²) < 4.78 is 5.08. The number of aryl methyl sites for hydroxylation is 1. The molecule has 0 bridgehead atoms. The summed E-state index contributed by atoms with van der Waals surface area (Å²) >= 11 is 0. The first kappa shape index (κ1) is 13.5. The first-order valence-electron chi connectivity index (χ1n) is 6.14. The highest BCUT2D eigenvalue weighted by molar-refractivity contribution is 5.20. The smallest absolute Gasteiger partial charge is 0.213 e. The van der Waals surface area contributed by atoms with Gasteiger partial charge < -0.3 is 4.74 Å². The molecular weight excluding hydrogens is 240 g/mol. The lowest BCUT2D eigenvalue weighted by molar-refractivity contribution is 0.396. The molecule has 0 atom stereocenters. The number of rotatable bonds is 6. The van der Waals surface area contributed by atoms with Crippen molar-refractivity contribution in [3.8, 4) is 5.88 Å². The van der Waals surface area contributed by atoms with Crippen LogP contribution in [-0.4, -0.2) is 17.1 Å². The minimum Gasteiger partial charge on any atom is -0.481 e. The molecule has 0 amide bonds. The van der Waals surface area contributed by atoms with Crippen LogP contribution in [0.5, 0.6) is 5.88 Å². The Bertz CT molecular complexity index is 530. The van der Waals surface area contributed by atoms with Gasteiger partial charge in [-0.1, -0.05) is 0 Å². The van der Waals surface area contributed by atoms with Crippen molar-refractivity contribution in [3.63, 3.8) is 0 Å². The van der Waals surface area contributed by atoms with E-state index in [2.05, 4.69) is 26.9 Å². The second kappa shape index (κ2) is 6.82. The number of aromatic nitrogens is 2. The molecule has 5 heteroatoms. The molecule has 0 fully saturated rings. The summed E-state index contributed by atoms with van der Waals surface area (Å²) in [5, 5.41) is 0. The summed E-state index contributed by atoms with van der Waals surface area (Å²) in [7, 11) is 1.61. The molecule has 2 aromatic heterocycles. The highest BCUT2D eigenvalue weighted by Gasteiger charge is 1.97. The molecule has 2 rings (SSSR count). The van der Waals surface area contributed by atoms with E-state index in [4.69, 9.17) is 4.74 Å². The summed E-state index contributed by atoms with van der Waals surface area (Å²) in [6.45, 7) is 3.45. The molecule has 5 nitrogen and oxygen atoms in total. The third kappa shape index (κ3) is 4.31. The average Bonchev–Trinajstić information content (AvgIpc) is 2.44. The molecule has 0 aliphatic heterocycles.